The van der Waals surface area contributed by atoms with Gasteiger partial charge in [-0.05, 0) is 29.8 Å². The van der Waals surface area contributed by atoms with E-state index in [0.717, 1.165) is 15.7 Å². The van der Waals surface area contributed by atoms with Crippen LogP contribution >= 0.6 is 27.3 Å². The number of nitrogens with one attached hydrogen (secondary N) is 1. The Morgan fingerprint density at radius 1 is 1.19 bits per heavy atom. The summed E-state index contributed by atoms with van der Waals surface area (Å²) < 4.78 is 18.7. The molecule has 0 atom stereocenters. The van der Waals surface area contributed by atoms with Crippen molar-refractivity contribution < 1.29 is 18.7 Å². The minimum absolute atomic E-state index is 0.0299. The number of hydrogen-bond donors (Lipinski definition) is 1. The predicted molar refractivity (Wildman–Crippen MR) is 105 cm³/mol. The number of hydrogen-bond acceptors (Lipinski definition) is 5. The standard InChI is InChI=1S/C19H14BrFN2O3S/c20-14-3-1-2-13(9-14)16-11-27-19(22-16)23-17(24)10-26-18(25)8-12-4-6-15(21)7-5-12/h1-7,9,11H,8,10H2,(H,22,23,24). The summed E-state index contributed by atoms with van der Waals surface area (Å²) in [4.78, 5) is 28.1. The monoisotopic (exact) mass is 448 g/mol. The van der Waals surface area contributed by atoms with Crippen LogP contribution in [0.15, 0.2) is 58.4 Å². The number of carbonyl (C=O) groups excluding carboxylic acids is 2. The fourth-order valence-electron chi connectivity index (χ4n) is 2.23. The number of aromatic nitrogens is 1. The maximum atomic E-state index is 12.8. The van der Waals surface area contributed by atoms with Gasteiger partial charge in [0.15, 0.2) is 11.7 Å². The minimum atomic E-state index is -0.564. The topological polar surface area (TPSA) is 68.3 Å². The summed E-state index contributed by atoms with van der Waals surface area (Å²) in [5.41, 5.74) is 2.28. The van der Waals surface area contributed by atoms with Crippen molar-refractivity contribution in [2.24, 2.45) is 0 Å². The third-order valence-corrected chi connectivity index (χ3v) is 4.75. The quantitative estimate of drug-likeness (QED) is 0.566. The molecule has 0 saturated carbocycles. The summed E-state index contributed by atoms with van der Waals surface area (Å²) in [7, 11) is 0. The Hall–Kier alpha value is -2.58. The van der Waals surface area contributed by atoms with Crippen molar-refractivity contribution in [3.05, 3.63) is 69.8 Å². The van der Waals surface area contributed by atoms with Gasteiger partial charge in [0.1, 0.15) is 5.82 Å². The third-order valence-electron chi connectivity index (χ3n) is 3.50. The van der Waals surface area contributed by atoms with Gasteiger partial charge in [0.2, 0.25) is 0 Å². The summed E-state index contributed by atoms with van der Waals surface area (Å²) in [5, 5.41) is 4.86. The van der Waals surface area contributed by atoms with E-state index in [9.17, 15) is 14.0 Å². The lowest BCUT2D eigenvalue weighted by Crippen LogP contribution is -2.21. The van der Waals surface area contributed by atoms with E-state index in [1.165, 1.54) is 35.6 Å². The van der Waals surface area contributed by atoms with Crippen LogP contribution in [-0.2, 0) is 20.7 Å². The van der Waals surface area contributed by atoms with Gasteiger partial charge in [-0.3, -0.25) is 14.9 Å². The molecule has 0 aliphatic rings. The Bertz CT molecular complexity index is 960. The summed E-state index contributed by atoms with van der Waals surface area (Å²) in [6.07, 6.45) is -0.0299. The smallest absolute Gasteiger partial charge is 0.310 e. The Morgan fingerprint density at radius 3 is 2.70 bits per heavy atom. The van der Waals surface area contributed by atoms with E-state index in [-0.39, 0.29) is 12.2 Å². The largest absolute Gasteiger partial charge is 0.455 e. The van der Waals surface area contributed by atoms with Gasteiger partial charge in [-0.25, -0.2) is 9.37 Å². The zero-order valence-electron chi connectivity index (χ0n) is 13.9. The zero-order valence-corrected chi connectivity index (χ0v) is 16.3. The highest BCUT2D eigenvalue weighted by Crippen LogP contribution is 2.26. The molecule has 3 aromatic rings. The van der Waals surface area contributed by atoms with E-state index < -0.39 is 18.5 Å². The van der Waals surface area contributed by atoms with Crippen LogP contribution in [0.4, 0.5) is 9.52 Å². The van der Waals surface area contributed by atoms with Crippen LogP contribution in [0.5, 0.6) is 0 Å². The lowest BCUT2D eigenvalue weighted by Gasteiger charge is -2.05. The second-order valence-electron chi connectivity index (χ2n) is 5.56. The number of amides is 1. The second-order valence-corrected chi connectivity index (χ2v) is 7.33. The van der Waals surface area contributed by atoms with Gasteiger partial charge < -0.3 is 4.74 Å². The number of thiazole rings is 1. The van der Waals surface area contributed by atoms with Crippen molar-refractivity contribution in [3.63, 3.8) is 0 Å². The number of halogens is 2. The first-order chi connectivity index (χ1) is 13.0. The van der Waals surface area contributed by atoms with Gasteiger partial charge in [0.25, 0.3) is 5.91 Å². The van der Waals surface area contributed by atoms with Crippen molar-refractivity contribution in [1.82, 2.24) is 4.98 Å². The number of benzene rings is 2. The summed E-state index contributed by atoms with van der Waals surface area (Å²) in [5.74, 6) is -1.42. The molecular weight excluding hydrogens is 435 g/mol. The summed E-state index contributed by atoms with van der Waals surface area (Å²) >= 11 is 4.69. The van der Waals surface area contributed by atoms with Crippen LogP contribution in [0, 0.1) is 5.82 Å². The van der Waals surface area contributed by atoms with E-state index >= 15 is 0 Å². The average molecular weight is 449 g/mol. The molecule has 5 nitrogen and oxygen atoms in total. The molecular formula is C19H14BrFN2O3S. The van der Waals surface area contributed by atoms with Crippen LogP contribution in [0.1, 0.15) is 5.56 Å². The number of carbonyl (C=O) groups is 2. The highest BCUT2D eigenvalue weighted by atomic mass is 79.9. The number of anilines is 1. The van der Waals surface area contributed by atoms with Crippen LogP contribution in [-0.4, -0.2) is 23.5 Å². The van der Waals surface area contributed by atoms with Crippen molar-refractivity contribution in [2.75, 3.05) is 11.9 Å². The van der Waals surface area contributed by atoms with Gasteiger partial charge >= 0.3 is 5.97 Å². The Morgan fingerprint density at radius 2 is 1.96 bits per heavy atom. The first kappa shape index (κ1) is 19.2. The maximum Gasteiger partial charge on any atom is 0.310 e. The van der Waals surface area contributed by atoms with Crippen molar-refractivity contribution in [2.45, 2.75) is 6.42 Å². The molecule has 2 aromatic carbocycles. The van der Waals surface area contributed by atoms with Crippen molar-refractivity contribution in [3.8, 4) is 11.3 Å². The predicted octanol–water partition coefficient (Wildman–Crippen LogP) is 4.44. The fourth-order valence-corrected chi connectivity index (χ4v) is 3.37. The molecule has 138 valence electrons. The van der Waals surface area contributed by atoms with Crippen molar-refractivity contribution in [1.29, 1.82) is 0 Å². The first-order valence-electron chi connectivity index (χ1n) is 7.91. The van der Waals surface area contributed by atoms with E-state index in [0.29, 0.717) is 10.7 Å². The molecule has 1 aromatic heterocycles. The molecule has 1 N–H and O–H groups in total. The molecule has 0 fully saturated rings. The molecule has 1 amide bonds. The number of ether oxygens (including phenoxy) is 1. The number of esters is 1. The fraction of sp³-hybridized carbons (Fsp3) is 0.105. The van der Waals surface area contributed by atoms with Crippen LogP contribution in [0.2, 0.25) is 0 Å². The van der Waals surface area contributed by atoms with E-state index in [4.69, 9.17) is 4.74 Å². The average Bonchev–Trinajstić information content (AvgIpc) is 3.10. The summed E-state index contributed by atoms with van der Waals surface area (Å²) in [6, 6.07) is 13.2. The van der Waals surface area contributed by atoms with E-state index in [1.807, 2.05) is 29.6 Å². The molecule has 3 rings (SSSR count). The minimum Gasteiger partial charge on any atom is -0.455 e. The SMILES string of the molecule is O=C(COC(=O)Cc1ccc(F)cc1)Nc1nc(-c2cccc(Br)c2)cs1. The summed E-state index contributed by atoms with van der Waals surface area (Å²) in [6.45, 7) is -0.411. The Labute approximate surface area is 167 Å². The molecule has 8 heteroatoms. The van der Waals surface area contributed by atoms with E-state index in [1.54, 1.807) is 0 Å². The Kier molecular flexibility index (Phi) is 6.31. The normalized spacial score (nSPS) is 10.4. The van der Waals surface area contributed by atoms with E-state index in [2.05, 4.69) is 26.2 Å². The third kappa shape index (κ3) is 5.70. The maximum absolute atomic E-state index is 12.8. The highest BCUT2D eigenvalue weighted by molar-refractivity contribution is 9.10. The van der Waals surface area contributed by atoms with Gasteiger partial charge in [0.05, 0.1) is 12.1 Å². The second kappa shape index (κ2) is 8.88. The Balaban J connectivity index is 1.49. The molecule has 0 radical (unpaired) electrons. The molecule has 0 aliphatic carbocycles. The number of nitrogens with zero attached hydrogens (tertiary/aromatic N) is 1. The molecule has 0 aliphatic heterocycles. The van der Waals surface area contributed by atoms with Gasteiger partial charge in [-0.1, -0.05) is 40.2 Å². The van der Waals surface area contributed by atoms with Crippen LogP contribution in [0.3, 0.4) is 0 Å². The molecule has 0 bridgehead atoms. The lowest BCUT2D eigenvalue weighted by molar-refractivity contribution is -0.146. The first-order valence-corrected chi connectivity index (χ1v) is 9.58. The molecule has 27 heavy (non-hydrogen) atoms. The van der Waals surface area contributed by atoms with Gasteiger partial charge in [0, 0.05) is 15.4 Å². The van der Waals surface area contributed by atoms with Gasteiger partial charge in [-0.2, -0.15) is 0 Å². The van der Waals surface area contributed by atoms with Crippen LogP contribution in [0.25, 0.3) is 11.3 Å². The molecule has 0 saturated heterocycles. The zero-order chi connectivity index (χ0) is 19.2. The van der Waals surface area contributed by atoms with Crippen molar-refractivity contribution >= 4 is 44.3 Å². The lowest BCUT2D eigenvalue weighted by atomic mass is 10.1. The molecule has 0 spiro atoms. The molecule has 0 unspecified atom stereocenters. The van der Waals surface area contributed by atoms with Gasteiger partial charge in [-0.15, -0.1) is 11.3 Å². The number of rotatable bonds is 6. The highest BCUT2D eigenvalue weighted by Gasteiger charge is 2.11. The van der Waals surface area contributed by atoms with Crippen LogP contribution < -0.4 is 5.32 Å². The molecule has 1 heterocycles.